The Bertz CT molecular complexity index is 126. The zero-order valence-corrected chi connectivity index (χ0v) is 8.61. The molecule has 0 aliphatic heterocycles. The molecule has 0 rings (SSSR count). The maximum absolute atomic E-state index is 12.0. The molecule has 1 nitrogen and oxygen atoms in total. The van der Waals surface area contributed by atoms with E-state index in [9.17, 15) is 4.57 Å². The van der Waals surface area contributed by atoms with Crippen molar-refractivity contribution in [3.8, 4) is 0 Å². The van der Waals surface area contributed by atoms with Gasteiger partial charge in [-0.05, 0) is 6.16 Å². The summed E-state index contributed by atoms with van der Waals surface area (Å²) in [5, 5.41) is 0. The summed E-state index contributed by atoms with van der Waals surface area (Å²) in [6.45, 7) is 10.3. The SMILES string of the molecule is CCP(=O)(C(C)C)C(C)C. The van der Waals surface area contributed by atoms with E-state index < -0.39 is 7.14 Å². The van der Waals surface area contributed by atoms with Crippen LogP contribution in [0, 0.1) is 0 Å². The Balaban J connectivity index is 4.40. The van der Waals surface area contributed by atoms with Crippen LogP contribution in [-0.2, 0) is 4.57 Å². The first-order valence-corrected chi connectivity index (χ1v) is 6.06. The van der Waals surface area contributed by atoms with Gasteiger partial charge in [-0.1, -0.05) is 34.6 Å². The fourth-order valence-corrected chi connectivity index (χ4v) is 3.98. The predicted molar refractivity (Wildman–Crippen MR) is 48.4 cm³/mol. The second-order valence-corrected chi connectivity index (χ2v) is 7.76. The predicted octanol–water partition coefficient (Wildman–Crippen LogP) is 3.19. The van der Waals surface area contributed by atoms with Gasteiger partial charge >= 0.3 is 0 Å². The van der Waals surface area contributed by atoms with Gasteiger partial charge in [-0.3, -0.25) is 0 Å². The molecule has 0 aromatic carbocycles. The van der Waals surface area contributed by atoms with Crippen LogP contribution < -0.4 is 0 Å². The van der Waals surface area contributed by atoms with Gasteiger partial charge in [0.2, 0.25) is 0 Å². The van der Waals surface area contributed by atoms with Crippen LogP contribution in [0.15, 0.2) is 0 Å². The van der Waals surface area contributed by atoms with Crippen LogP contribution >= 0.6 is 7.14 Å². The molecular formula is C8H19OP. The lowest BCUT2D eigenvalue weighted by atomic mass is 10.5. The fraction of sp³-hybridized carbons (Fsp3) is 1.00. The minimum atomic E-state index is -1.84. The molecule has 0 saturated carbocycles. The van der Waals surface area contributed by atoms with E-state index in [1.807, 2.05) is 6.92 Å². The van der Waals surface area contributed by atoms with E-state index in [1.54, 1.807) is 0 Å². The summed E-state index contributed by atoms with van der Waals surface area (Å²) < 4.78 is 12.0. The molecule has 0 aromatic rings. The summed E-state index contributed by atoms with van der Waals surface area (Å²) in [6.07, 6.45) is 0.850. The van der Waals surface area contributed by atoms with E-state index in [4.69, 9.17) is 0 Å². The summed E-state index contributed by atoms with van der Waals surface area (Å²) >= 11 is 0. The second kappa shape index (κ2) is 3.57. The van der Waals surface area contributed by atoms with E-state index in [0.717, 1.165) is 6.16 Å². The number of hydrogen-bond donors (Lipinski definition) is 0. The van der Waals surface area contributed by atoms with E-state index in [0.29, 0.717) is 11.3 Å². The largest absolute Gasteiger partial charge is 0.323 e. The Hall–Kier alpha value is 0.230. The molecule has 2 heteroatoms. The molecule has 0 N–H and O–H groups in total. The summed E-state index contributed by atoms with van der Waals surface area (Å²) in [5.74, 6) is 0. The van der Waals surface area contributed by atoms with Crippen molar-refractivity contribution in [3.05, 3.63) is 0 Å². The molecule has 0 atom stereocenters. The Morgan fingerprint density at radius 3 is 1.40 bits per heavy atom. The van der Waals surface area contributed by atoms with Gasteiger partial charge in [-0.15, -0.1) is 0 Å². The Labute approximate surface area is 64.6 Å². The highest BCUT2D eigenvalue weighted by Crippen LogP contribution is 2.54. The van der Waals surface area contributed by atoms with E-state index in [1.165, 1.54) is 0 Å². The molecule has 0 bridgehead atoms. The first-order valence-electron chi connectivity index (χ1n) is 4.03. The van der Waals surface area contributed by atoms with Crippen molar-refractivity contribution >= 4 is 7.14 Å². The molecule has 0 unspecified atom stereocenters. The summed E-state index contributed by atoms with van der Waals surface area (Å²) in [6, 6.07) is 0. The maximum Gasteiger partial charge on any atom is 0.0922 e. The van der Waals surface area contributed by atoms with Gasteiger partial charge in [0.05, 0.1) is 7.14 Å². The maximum atomic E-state index is 12.0. The molecule has 0 aromatic heterocycles. The third-order valence-electron chi connectivity index (χ3n) is 2.24. The van der Waals surface area contributed by atoms with E-state index >= 15 is 0 Å². The molecular weight excluding hydrogens is 143 g/mol. The van der Waals surface area contributed by atoms with Crippen LogP contribution in [0.5, 0.6) is 0 Å². The van der Waals surface area contributed by atoms with E-state index in [2.05, 4.69) is 27.7 Å². The Morgan fingerprint density at radius 2 is 1.40 bits per heavy atom. The van der Waals surface area contributed by atoms with Gasteiger partial charge in [-0.25, -0.2) is 0 Å². The smallest absolute Gasteiger partial charge is 0.0922 e. The van der Waals surface area contributed by atoms with Crippen LogP contribution in [-0.4, -0.2) is 17.5 Å². The molecule has 0 heterocycles. The third-order valence-corrected chi connectivity index (χ3v) is 6.73. The highest BCUT2D eigenvalue weighted by Gasteiger charge is 2.27. The first kappa shape index (κ1) is 10.2. The average Bonchev–Trinajstić information content (AvgIpc) is 1.85. The van der Waals surface area contributed by atoms with Crippen LogP contribution in [0.3, 0.4) is 0 Å². The lowest BCUT2D eigenvalue weighted by molar-refractivity contribution is 0.562. The lowest BCUT2D eigenvalue weighted by Gasteiger charge is -2.24. The highest BCUT2D eigenvalue weighted by molar-refractivity contribution is 7.65. The summed E-state index contributed by atoms with van der Waals surface area (Å²) in [4.78, 5) is 0. The summed E-state index contributed by atoms with van der Waals surface area (Å²) in [5.41, 5.74) is 0.718. The van der Waals surface area contributed by atoms with Crippen LogP contribution in [0.2, 0.25) is 0 Å². The van der Waals surface area contributed by atoms with Crippen LogP contribution in [0.4, 0.5) is 0 Å². The van der Waals surface area contributed by atoms with Gasteiger partial charge in [0, 0.05) is 11.3 Å². The van der Waals surface area contributed by atoms with Gasteiger partial charge in [0.25, 0.3) is 0 Å². The molecule has 0 aliphatic carbocycles. The second-order valence-electron chi connectivity index (χ2n) is 3.36. The van der Waals surface area contributed by atoms with Crippen molar-refractivity contribution in [2.75, 3.05) is 6.16 Å². The quantitative estimate of drug-likeness (QED) is 0.582. The van der Waals surface area contributed by atoms with Crippen molar-refractivity contribution in [2.45, 2.75) is 45.9 Å². The highest BCUT2D eigenvalue weighted by atomic mass is 31.2. The third kappa shape index (κ3) is 1.85. The van der Waals surface area contributed by atoms with Crippen molar-refractivity contribution < 1.29 is 4.57 Å². The van der Waals surface area contributed by atoms with Crippen molar-refractivity contribution in [2.24, 2.45) is 0 Å². The van der Waals surface area contributed by atoms with Gasteiger partial charge in [-0.2, -0.15) is 0 Å². The molecule has 0 radical (unpaired) electrons. The minimum Gasteiger partial charge on any atom is -0.323 e. The molecule has 0 aliphatic rings. The topological polar surface area (TPSA) is 17.1 Å². The standard InChI is InChI=1S/C8H19OP/c1-6-10(9,7(2)3)8(4)5/h7-8H,6H2,1-5H3. The van der Waals surface area contributed by atoms with Crippen molar-refractivity contribution in [1.29, 1.82) is 0 Å². The molecule has 0 amide bonds. The molecule has 0 saturated heterocycles. The number of hydrogen-bond acceptors (Lipinski definition) is 1. The first-order chi connectivity index (χ1) is 4.45. The fourth-order valence-electron chi connectivity index (χ4n) is 1.33. The minimum absolute atomic E-state index is 0.359. The zero-order chi connectivity index (χ0) is 8.36. The molecule has 0 fully saturated rings. The number of rotatable bonds is 3. The monoisotopic (exact) mass is 162 g/mol. The average molecular weight is 162 g/mol. The van der Waals surface area contributed by atoms with Crippen molar-refractivity contribution in [3.63, 3.8) is 0 Å². The Morgan fingerprint density at radius 1 is 1.10 bits per heavy atom. The van der Waals surface area contributed by atoms with Gasteiger partial charge in [0.1, 0.15) is 0 Å². The zero-order valence-electron chi connectivity index (χ0n) is 7.72. The van der Waals surface area contributed by atoms with Crippen molar-refractivity contribution in [1.82, 2.24) is 0 Å². The normalized spacial score (nSPS) is 13.1. The van der Waals surface area contributed by atoms with Gasteiger partial charge in [0.15, 0.2) is 0 Å². The lowest BCUT2D eigenvalue weighted by Crippen LogP contribution is -2.09. The summed E-state index contributed by atoms with van der Waals surface area (Å²) in [7, 11) is -1.84. The van der Waals surface area contributed by atoms with Crippen LogP contribution in [0.1, 0.15) is 34.6 Å². The molecule has 0 spiro atoms. The van der Waals surface area contributed by atoms with Crippen LogP contribution in [0.25, 0.3) is 0 Å². The van der Waals surface area contributed by atoms with Gasteiger partial charge < -0.3 is 4.57 Å². The van der Waals surface area contributed by atoms with E-state index in [-0.39, 0.29) is 0 Å². The Kier molecular flexibility index (Phi) is 3.65. The molecule has 10 heavy (non-hydrogen) atoms. The molecule has 62 valence electrons.